The minimum Gasteiger partial charge on any atom is -0.310 e. The van der Waals surface area contributed by atoms with Crippen molar-refractivity contribution >= 4 is 11.7 Å². The Morgan fingerprint density at radius 3 is 2.42 bits per heavy atom. The van der Waals surface area contributed by atoms with Gasteiger partial charge in [-0.15, -0.1) is 0 Å². The van der Waals surface area contributed by atoms with Crippen molar-refractivity contribution in [1.82, 2.24) is 19.7 Å². The third kappa shape index (κ3) is 4.48. The summed E-state index contributed by atoms with van der Waals surface area (Å²) < 4.78 is 1.53. The minimum atomic E-state index is -0.211. The van der Waals surface area contributed by atoms with Crippen LogP contribution in [0.25, 0.3) is 17.1 Å². The smallest absolute Gasteiger partial charge is 0.255 e. The Bertz CT molecular complexity index is 1370. The lowest BCUT2D eigenvalue weighted by molar-refractivity contribution is -0.115. The first-order chi connectivity index (χ1) is 16.0. The number of rotatable bonds is 6. The molecule has 1 aliphatic rings. The molecule has 0 aliphatic heterocycles. The highest BCUT2D eigenvalue weighted by atomic mass is 16.1. The molecule has 7 nitrogen and oxygen atoms in total. The molecule has 0 saturated heterocycles. The molecule has 1 saturated carbocycles. The van der Waals surface area contributed by atoms with Crippen molar-refractivity contribution in [3.63, 3.8) is 0 Å². The van der Waals surface area contributed by atoms with Gasteiger partial charge in [0.15, 0.2) is 0 Å². The number of amides is 1. The molecule has 5 rings (SSSR count). The summed E-state index contributed by atoms with van der Waals surface area (Å²) in [6.07, 6.45) is 2.39. The maximum atomic E-state index is 12.9. The van der Waals surface area contributed by atoms with Crippen LogP contribution in [0.4, 0.5) is 5.82 Å². The fourth-order valence-corrected chi connectivity index (χ4v) is 3.78. The molecule has 0 spiro atoms. The molecule has 1 fully saturated rings. The van der Waals surface area contributed by atoms with Crippen LogP contribution in [0.15, 0.2) is 65.5 Å². The Morgan fingerprint density at radius 1 is 1.06 bits per heavy atom. The first kappa shape index (κ1) is 20.9. The van der Waals surface area contributed by atoms with Crippen molar-refractivity contribution in [2.24, 2.45) is 0 Å². The zero-order valence-electron chi connectivity index (χ0n) is 18.6. The molecule has 7 heteroatoms. The molecular weight excluding hydrogens is 414 g/mol. The zero-order valence-corrected chi connectivity index (χ0v) is 18.6. The van der Waals surface area contributed by atoms with Crippen molar-refractivity contribution in [1.29, 1.82) is 0 Å². The van der Waals surface area contributed by atoms with Crippen molar-refractivity contribution in [3.05, 3.63) is 93.5 Å². The molecule has 1 amide bonds. The van der Waals surface area contributed by atoms with Gasteiger partial charge >= 0.3 is 0 Å². The van der Waals surface area contributed by atoms with Gasteiger partial charge in [0.05, 0.1) is 12.1 Å². The van der Waals surface area contributed by atoms with Gasteiger partial charge in [0.2, 0.25) is 11.9 Å². The van der Waals surface area contributed by atoms with Crippen LogP contribution in [0, 0.1) is 13.8 Å². The predicted molar refractivity (Wildman–Crippen MR) is 128 cm³/mol. The second kappa shape index (κ2) is 8.50. The van der Waals surface area contributed by atoms with Gasteiger partial charge in [0.25, 0.3) is 5.56 Å². The van der Waals surface area contributed by atoms with E-state index in [1.165, 1.54) is 4.68 Å². The number of aromatic amines is 1. The Labute approximate surface area is 191 Å². The summed E-state index contributed by atoms with van der Waals surface area (Å²) in [7, 11) is 0. The highest BCUT2D eigenvalue weighted by Crippen LogP contribution is 2.40. The van der Waals surface area contributed by atoms with Crippen LogP contribution < -0.4 is 10.9 Å². The highest BCUT2D eigenvalue weighted by molar-refractivity contribution is 5.91. The summed E-state index contributed by atoms with van der Waals surface area (Å²) in [4.78, 5) is 32.4. The van der Waals surface area contributed by atoms with Gasteiger partial charge in [-0.2, -0.15) is 9.78 Å². The fourth-order valence-electron chi connectivity index (χ4n) is 3.78. The Morgan fingerprint density at radius 2 is 1.76 bits per heavy atom. The molecule has 0 atom stereocenters. The van der Waals surface area contributed by atoms with Gasteiger partial charge in [-0.3, -0.25) is 14.6 Å². The number of carbonyl (C=O) groups excluding carboxylic acids is 1. The summed E-state index contributed by atoms with van der Waals surface area (Å²) in [5.41, 5.74) is 5.05. The number of anilines is 1. The predicted octanol–water partition coefficient (Wildman–Crippen LogP) is 4.30. The van der Waals surface area contributed by atoms with Gasteiger partial charge in [-0.05, 0) is 43.4 Å². The second-order valence-electron chi connectivity index (χ2n) is 8.53. The van der Waals surface area contributed by atoms with E-state index in [-0.39, 0.29) is 17.9 Å². The Balaban J connectivity index is 1.37. The second-order valence-corrected chi connectivity index (χ2v) is 8.53. The molecule has 2 aromatic carbocycles. The fraction of sp³-hybridized carbons (Fsp3) is 0.231. The Hall–Kier alpha value is -4.00. The van der Waals surface area contributed by atoms with E-state index in [1.807, 2.05) is 48.5 Å². The van der Waals surface area contributed by atoms with E-state index in [4.69, 9.17) is 0 Å². The molecule has 4 aromatic rings. The van der Waals surface area contributed by atoms with Crippen molar-refractivity contribution in [2.45, 2.75) is 39.0 Å². The topological polar surface area (TPSA) is 92.7 Å². The number of nitrogens with zero attached hydrogens (tertiary/aromatic N) is 3. The van der Waals surface area contributed by atoms with E-state index in [1.54, 1.807) is 13.8 Å². The number of carbonyl (C=O) groups is 1. The molecule has 0 radical (unpaired) electrons. The van der Waals surface area contributed by atoms with Crippen LogP contribution in [0.2, 0.25) is 0 Å². The average Bonchev–Trinajstić information content (AvgIpc) is 3.59. The third-order valence-corrected chi connectivity index (χ3v) is 6.00. The van der Waals surface area contributed by atoms with E-state index in [0.717, 1.165) is 35.2 Å². The minimum absolute atomic E-state index is 0.155. The number of H-pyrrole nitrogens is 1. The molecule has 0 bridgehead atoms. The van der Waals surface area contributed by atoms with E-state index >= 15 is 0 Å². The molecular formula is C26H25N5O2. The van der Waals surface area contributed by atoms with Crippen molar-refractivity contribution in [2.75, 3.05) is 5.32 Å². The number of benzene rings is 2. The van der Waals surface area contributed by atoms with E-state index in [2.05, 4.69) is 32.5 Å². The van der Waals surface area contributed by atoms with Gasteiger partial charge in [-0.25, -0.2) is 4.98 Å². The maximum absolute atomic E-state index is 12.9. The van der Waals surface area contributed by atoms with Crippen LogP contribution in [0.3, 0.4) is 0 Å². The molecule has 166 valence electrons. The molecule has 2 heterocycles. The summed E-state index contributed by atoms with van der Waals surface area (Å²) >= 11 is 0. The quantitative estimate of drug-likeness (QED) is 0.469. The average molecular weight is 440 g/mol. The van der Waals surface area contributed by atoms with Crippen LogP contribution in [-0.4, -0.2) is 25.7 Å². The normalized spacial score (nSPS) is 13.2. The molecule has 1 aliphatic carbocycles. The third-order valence-electron chi connectivity index (χ3n) is 6.00. The summed E-state index contributed by atoms with van der Waals surface area (Å²) in [6.45, 7) is 3.52. The standard InChI is InChI=1S/C26H25N5O2/c1-16-17(2)27-26(29-25(16)33)31-23(15-22(30-31)21-12-13-21)28-24(32)14-18-8-10-20(11-9-18)19-6-4-3-5-7-19/h3-11,15,21H,12-14H2,1-2H3,(H,28,32)(H,27,29,33). The van der Waals surface area contributed by atoms with Crippen LogP contribution in [-0.2, 0) is 11.2 Å². The van der Waals surface area contributed by atoms with Crippen LogP contribution >= 0.6 is 0 Å². The lowest BCUT2D eigenvalue weighted by atomic mass is 10.0. The maximum Gasteiger partial charge on any atom is 0.255 e. The molecule has 33 heavy (non-hydrogen) atoms. The van der Waals surface area contributed by atoms with E-state index in [9.17, 15) is 9.59 Å². The molecule has 2 N–H and O–H groups in total. The summed E-state index contributed by atoms with van der Waals surface area (Å²) in [5.74, 6) is 1.05. The van der Waals surface area contributed by atoms with E-state index < -0.39 is 0 Å². The van der Waals surface area contributed by atoms with Gasteiger partial charge in [0.1, 0.15) is 5.82 Å². The Kier molecular flexibility index (Phi) is 5.38. The zero-order chi connectivity index (χ0) is 22.9. The molecule has 0 unspecified atom stereocenters. The summed E-state index contributed by atoms with van der Waals surface area (Å²) in [5, 5.41) is 7.59. The van der Waals surface area contributed by atoms with Gasteiger partial charge in [0, 0.05) is 23.2 Å². The van der Waals surface area contributed by atoms with Crippen LogP contribution in [0.1, 0.15) is 41.3 Å². The van der Waals surface area contributed by atoms with Gasteiger partial charge < -0.3 is 5.32 Å². The number of aryl methyl sites for hydroxylation is 1. The first-order valence-electron chi connectivity index (χ1n) is 11.1. The lowest BCUT2D eigenvalue weighted by Crippen LogP contribution is -2.21. The number of aromatic nitrogens is 4. The van der Waals surface area contributed by atoms with Crippen molar-refractivity contribution < 1.29 is 4.79 Å². The number of hydrogen-bond acceptors (Lipinski definition) is 4. The van der Waals surface area contributed by atoms with Crippen molar-refractivity contribution in [3.8, 4) is 17.1 Å². The largest absolute Gasteiger partial charge is 0.310 e. The SMILES string of the molecule is Cc1nc(-n2nc(C3CC3)cc2NC(=O)Cc2ccc(-c3ccccc3)cc2)[nH]c(=O)c1C. The highest BCUT2D eigenvalue weighted by Gasteiger charge is 2.28. The monoisotopic (exact) mass is 439 g/mol. The van der Waals surface area contributed by atoms with Crippen LogP contribution in [0.5, 0.6) is 0 Å². The summed E-state index contributed by atoms with van der Waals surface area (Å²) in [6, 6.07) is 20.0. The van der Waals surface area contributed by atoms with E-state index in [0.29, 0.717) is 28.9 Å². The number of hydrogen-bond donors (Lipinski definition) is 2. The molecule has 2 aromatic heterocycles. The first-order valence-corrected chi connectivity index (χ1v) is 11.1. The van der Waals surface area contributed by atoms with Gasteiger partial charge in [-0.1, -0.05) is 54.6 Å². The number of nitrogens with one attached hydrogen (secondary N) is 2. The lowest BCUT2D eigenvalue weighted by Gasteiger charge is -2.10.